The van der Waals surface area contributed by atoms with Crippen LogP contribution < -0.4 is 5.32 Å². The van der Waals surface area contributed by atoms with Crippen molar-refractivity contribution < 1.29 is 0 Å². The molecule has 0 aliphatic heterocycles. The molecule has 0 amide bonds. The average Bonchev–Trinajstić information content (AvgIpc) is 3.09. The van der Waals surface area contributed by atoms with Crippen molar-refractivity contribution in [2.24, 2.45) is 11.3 Å². The van der Waals surface area contributed by atoms with E-state index in [1.54, 1.807) is 0 Å². The summed E-state index contributed by atoms with van der Waals surface area (Å²) in [4.78, 5) is 0. The first-order valence-corrected chi connectivity index (χ1v) is 8.80. The van der Waals surface area contributed by atoms with Crippen LogP contribution in [0.5, 0.6) is 0 Å². The molecular formula is C18H33N3. The van der Waals surface area contributed by atoms with Crippen LogP contribution in [0.1, 0.15) is 71.5 Å². The molecule has 0 saturated heterocycles. The number of nitrogens with one attached hydrogen (secondary N) is 1. The molecule has 1 atom stereocenters. The molecule has 1 saturated carbocycles. The van der Waals surface area contributed by atoms with E-state index in [0.29, 0.717) is 12.0 Å². The van der Waals surface area contributed by atoms with Gasteiger partial charge in [-0.25, -0.2) is 0 Å². The third kappa shape index (κ3) is 4.32. The average molecular weight is 291 g/mol. The number of hydrogen-bond acceptors (Lipinski definition) is 2. The molecule has 3 nitrogen and oxygen atoms in total. The van der Waals surface area contributed by atoms with Crippen LogP contribution in [0.2, 0.25) is 0 Å². The van der Waals surface area contributed by atoms with Crippen molar-refractivity contribution in [1.29, 1.82) is 0 Å². The molecule has 120 valence electrons. The van der Waals surface area contributed by atoms with Crippen LogP contribution in [0.25, 0.3) is 0 Å². The van der Waals surface area contributed by atoms with E-state index < -0.39 is 0 Å². The molecule has 0 radical (unpaired) electrons. The second-order valence-corrected chi connectivity index (χ2v) is 7.39. The lowest BCUT2D eigenvalue weighted by atomic mass is 9.75. The fraction of sp³-hybridized carbons (Fsp3) is 0.833. The topological polar surface area (TPSA) is 29.9 Å². The minimum Gasteiger partial charge on any atom is -0.316 e. The van der Waals surface area contributed by atoms with Crippen molar-refractivity contribution in [1.82, 2.24) is 15.1 Å². The Morgan fingerprint density at radius 3 is 2.71 bits per heavy atom. The Morgan fingerprint density at radius 1 is 1.38 bits per heavy atom. The van der Waals surface area contributed by atoms with Gasteiger partial charge >= 0.3 is 0 Å². The van der Waals surface area contributed by atoms with Crippen molar-refractivity contribution in [2.75, 3.05) is 13.1 Å². The Labute approximate surface area is 130 Å². The number of hydrogen-bond donors (Lipinski definition) is 1. The fourth-order valence-corrected chi connectivity index (χ4v) is 3.28. The number of aromatic nitrogens is 2. The third-order valence-corrected chi connectivity index (χ3v) is 5.30. The summed E-state index contributed by atoms with van der Waals surface area (Å²) in [6.07, 6.45) is 9.81. The highest BCUT2D eigenvalue weighted by atomic mass is 15.3. The summed E-state index contributed by atoms with van der Waals surface area (Å²) < 4.78 is 2.22. The minimum atomic E-state index is 0.282. The van der Waals surface area contributed by atoms with E-state index in [9.17, 15) is 0 Å². The quantitative estimate of drug-likeness (QED) is 0.727. The van der Waals surface area contributed by atoms with Gasteiger partial charge in [0.1, 0.15) is 0 Å². The Kier molecular flexibility index (Phi) is 5.86. The van der Waals surface area contributed by atoms with Crippen LogP contribution >= 0.6 is 0 Å². The number of nitrogens with zero attached hydrogens (tertiary/aromatic N) is 2. The molecule has 0 bridgehead atoms. The molecule has 1 aromatic rings. The van der Waals surface area contributed by atoms with Crippen LogP contribution in [0.15, 0.2) is 12.3 Å². The highest BCUT2D eigenvalue weighted by Crippen LogP contribution is 2.32. The lowest BCUT2D eigenvalue weighted by Gasteiger charge is -2.33. The van der Waals surface area contributed by atoms with Crippen LogP contribution in [-0.4, -0.2) is 22.9 Å². The van der Waals surface area contributed by atoms with Gasteiger partial charge in [-0.1, -0.05) is 40.5 Å². The monoisotopic (exact) mass is 291 g/mol. The van der Waals surface area contributed by atoms with Gasteiger partial charge < -0.3 is 5.32 Å². The summed E-state index contributed by atoms with van der Waals surface area (Å²) in [6.45, 7) is 11.5. The first-order chi connectivity index (χ1) is 10.0. The lowest BCUT2D eigenvalue weighted by Crippen LogP contribution is -2.38. The Balaban J connectivity index is 1.99. The molecule has 1 heterocycles. The maximum atomic E-state index is 4.88. The first kappa shape index (κ1) is 16.5. The normalized spacial score (nSPS) is 19.3. The van der Waals surface area contributed by atoms with E-state index in [1.807, 2.05) is 0 Å². The minimum absolute atomic E-state index is 0.282. The SMILES string of the molecule is CCCNCC(C)(Cc1ccn(C2CCCC2)n1)C(C)C. The molecule has 0 spiro atoms. The maximum absolute atomic E-state index is 4.88. The molecule has 1 aromatic heterocycles. The summed E-state index contributed by atoms with van der Waals surface area (Å²) in [5.41, 5.74) is 1.54. The summed E-state index contributed by atoms with van der Waals surface area (Å²) in [5.74, 6) is 0.651. The Morgan fingerprint density at radius 2 is 2.10 bits per heavy atom. The largest absolute Gasteiger partial charge is 0.316 e. The molecule has 2 rings (SSSR count). The Bertz CT molecular complexity index is 418. The lowest BCUT2D eigenvalue weighted by molar-refractivity contribution is 0.205. The predicted molar refractivity (Wildman–Crippen MR) is 89.5 cm³/mol. The Hall–Kier alpha value is -0.830. The second-order valence-electron chi connectivity index (χ2n) is 7.39. The van der Waals surface area contributed by atoms with Gasteiger partial charge in [0, 0.05) is 12.7 Å². The summed E-state index contributed by atoms with van der Waals surface area (Å²) >= 11 is 0. The van der Waals surface area contributed by atoms with Crippen LogP contribution in [0.3, 0.4) is 0 Å². The van der Waals surface area contributed by atoms with Crippen molar-refractivity contribution in [3.63, 3.8) is 0 Å². The van der Waals surface area contributed by atoms with Gasteiger partial charge in [0.15, 0.2) is 0 Å². The van der Waals surface area contributed by atoms with Crippen LogP contribution in [0, 0.1) is 11.3 Å². The standard InChI is InChI=1S/C18H33N3/c1-5-11-19-14-18(4,15(2)3)13-16-10-12-21(20-16)17-8-6-7-9-17/h10,12,15,17,19H,5-9,11,13-14H2,1-4H3. The van der Waals surface area contributed by atoms with E-state index >= 15 is 0 Å². The molecular weight excluding hydrogens is 258 g/mol. The summed E-state index contributed by atoms with van der Waals surface area (Å²) in [6, 6.07) is 2.89. The molecule has 0 aromatic carbocycles. The van der Waals surface area contributed by atoms with Crippen molar-refractivity contribution in [3.05, 3.63) is 18.0 Å². The predicted octanol–water partition coefficient (Wildman–Crippen LogP) is 4.20. The fourth-order valence-electron chi connectivity index (χ4n) is 3.28. The molecule has 1 N–H and O–H groups in total. The molecule has 1 aliphatic carbocycles. The smallest absolute Gasteiger partial charge is 0.0630 e. The van der Waals surface area contributed by atoms with Crippen molar-refractivity contribution >= 4 is 0 Å². The van der Waals surface area contributed by atoms with Crippen molar-refractivity contribution in [3.8, 4) is 0 Å². The van der Waals surface area contributed by atoms with Gasteiger partial charge in [0.05, 0.1) is 11.7 Å². The molecule has 21 heavy (non-hydrogen) atoms. The zero-order valence-corrected chi connectivity index (χ0v) is 14.4. The zero-order chi connectivity index (χ0) is 15.3. The van der Waals surface area contributed by atoms with Crippen LogP contribution in [-0.2, 0) is 6.42 Å². The van der Waals surface area contributed by atoms with Gasteiger partial charge in [0.2, 0.25) is 0 Å². The van der Waals surface area contributed by atoms with Gasteiger partial charge in [-0.2, -0.15) is 5.10 Å². The third-order valence-electron chi connectivity index (χ3n) is 5.30. The summed E-state index contributed by atoms with van der Waals surface area (Å²) in [5, 5.41) is 8.48. The number of rotatable bonds is 8. The first-order valence-electron chi connectivity index (χ1n) is 8.80. The van der Waals surface area contributed by atoms with Gasteiger partial charge in [-0.05, 0) is 49.6 Å². The van der Waals surface area contributed by atoms with Crippen LogP contribution in [0.4, 0.5) is 0 Å². The second kappa shape index (κ2) is 7.44. The van der Waals surface area contributed by atoms with Gasteiger partial charge in [-0.3, -0.25) is 4.68 Å². The highest BCUT2D eigenvalue weighted by molar-refractivity contribution is 5.05. The maximum Gasteiger partial charge on any atom is 0.0630 e. The van der Waals surface area contributed by atoms with Gasteiger partial charge in [-0.15, -0.1) is 0 Å². The molecule has 1 aliphatic rings. The molecule has 1 fully saturated rings. The zero-order valence-electron chi connectivity index (χ0n) is 14.4. The van der Waals surface area contributed by atoms with Crippen molar-refractivity contribution in [2.45, 2.75) is 72.3 Å². The van der Waals surface area contributed by atoms with E-state index in [1.165, 1.54) is 37.8 Å². The van der Waals surface area contributed by atoms with Gasteiger partial charge in [0.25, 0.3) is 0 Å². The van der Waals surface area contributed by atoms with E-state index in [0.717, 1.165) is 19.5 Å². The van der Waals surface area contributed by atoms with E-state index in [4.69, 9.17) is 5.10 Å². The molecule has 3 heteroatoms. The summed E-state index contributed by atoms with van der Waals surface area (Å²) in [7, 11) is 0. The highest BCUT2D eigenvalue weighted by Gasteiger charge is 2.29. The molecule has 1 unspecified atom stereocenters. The van der Waals surface area contributed by atoms with E-state index in [2.05, 4.69) is 50.0 Å². The van der Waals surface area contributed by atoms with E-state index in [-0.39, 0.29) is 5.41 Å².